The Balaban J connectivity index is 1.89. The third-order valence-corrected chi connectivity index (χ3v) is 4.85. The lowest BCUT2D eigenvalue weighted by molar-refractivity contribution is -0.136. The van der Waals surface area contributed by atoms with E-state index in [1.807, 2.05) is 5.38 Å². The van der Waals surface area contributed by atoms with Crippen molar-refractivity contribution in [3.63, 3.8) is 0 Å². The van der Waals surface area contributed by atoms with E-state index in [-0.39, 0.29) is 6.42 Å². The van der Waals surface area contributed by atoms with E-state index < -0.39 is 5.97 Å². The number of nitrogens with zero attached hydrogens (tertiary/aromatic N) is 1. The zero-order valence-electron chi connectivity index (χ0n) is 10.9. The molecule has 0 amide bonds. The van der Waals surface area contributed by atoms with Crippen molar-refractivity contribution < 1.29 is 9.90 Å². The number of aromatic nitrogens is 1. The maximum Gasteiger partial charge on any atom is 0.309 e. The second-order valence-electron chi connectivity index (χ2n) is 5.25. The highest BCUT2D eigenvalue weighted by Gasteiger charge is 2.24. The van der Waals surface area contributed by atoms with Crippen molar-refractivity contribution >= 4 is 17.3 Å². The van der Waals surface area contributed by atoms with Gasteiger partial charge in [-0.1, -0.05) is 19.8 Å². The maximum absolute atomic E-state index is 10.6. The molecule has 0 unspecified atom stereocenters. The predicted octanol–water partition coefficient (Wildman–Crippen LogP) is 3.84. The smallest absolute Gasteiger partial charge is 0.309 e. The van der Waals surface area contributed by atoms with Gasteiger partial charge in [0, 0.05) is 11.3 Å². The van der Waals surface area contributed by atoms with Crippen molar-refractivity contribution in [3.8, 4) is 0 Å². The van der Waals surface area contributed by atoms with Crippen LogP contribution in [0.15, 0.2) is 5.38 Å². The van der Waals surface area contributed by atoms with Gasteiger partial charge in [-0.15, -0.1) is 11.3 Å². The minimum absolute atomic E-state index is 0.0572. The summed E-state index contributed by atoms with van der Waals surface area (Å²) in [6.45, 7) is 2.26. The van der Waals surface area contributed by atoms with Crippen LogP contribution in [0.5, 0.6) is 0 Å². The standard InChI is InChI=1S/C14H21NO2S/c1-2-3-10-4-6-11(7-5-10)14-15-12(9-18-14)8-13(16)17/h9-11H,2-8H2,1H3,(H,16,17). The van der Waals surface area contributed by atoms with Gasteiger partial charge in [0.05, 0.1) is 17.1 Å². The Morgan fingerprint density at radius 1 is 1.44 bits per heavy atom. The van der Waals surface area contributed by atoms with E-state index in [0.29, 0.717) is 5.92 Å². The molecule has 0 spiro atoms. The van der Waals surface area contributed by atoms with E-state index in [1.54, 1.807) is 11.3 Å². The molecule has 100 valence electrons. The average Bonchev–Trinajstić information content (AvgIpc) is 2.78. The van der Waals surface area contributed by atoms with Crippen molar-refractivity contribution in [2.24, 2.45) is 5.92 Å². The zero-order chi connectivity index (χ0) is 13.0. The second-order valence-corrected chi connectivity index (χ2v) is 6.14. The van der Waals surface area contributed by atoms with Crippen LogP contribution in [0.3, 0.4) is 0 Å². The van der Waals surface area contributed by atoms with Gasteiger partial charge in [-0.05, 0) is 31.6 Å². The summed E-state index contributed by atoms with van der Waals surface area (Å²) < 4.78 is 0. The van der Waals surface area contributed by atoms with Crippen LogP contribution >= 0.6 is 11.3 Å². The molecule has 1 heterocycles. The minimum atomic E-state index is -0.793. The number of carbonyl (C=O) groups is 1. The highest BCUT2D eigenvalue weighted by Crippen LogP contribution is 2.38. The van der Waals surface area contributed by atoms with E-state index in [4.69, 9.17) is 5.11 Å². The van der Waals surface area contributed by atoms with E-state index >= 15 is 0 Å². The average molecular weight is 267 g/mol. The lowest BCUT2D eigenvalue weighted by Crippen LogP contribution is -2.13. The quantitative estimate of drug-likeness (QED) is 0.881. The summed E-state index contributed by atoms with van der Waals surface area (Å²) in [6, 6.07) is 0. The summed E-state index contributed by atoms with van der Waals surface area (Å²) in [7, 11) is 0. The van der Waals surface area contributed by atoms with Crippen molar-refractivity contribution in [1.29, 1.82) is 0 Å². The zero-order valence-corrected chi connectivity index (χ0v) is 11.7. The van der Waals surface area contributed by atoms with Crippen LogP contribution < -0.4 is 0 Å². The van der Waals surface area contributed by atoms with Crippen LogP contribution in [-0.2, 0) is 11.2 Å². The van der Waals surface area contributed by atoms with Gasteiger partial charge in [0.1, 0.15) is 0 Å². The first-order valence-corrected chi connectivity index (χ1v) is 7.73. The monoisotopic (exact) mass is 267 g/mol. The number of carboxylic acid groups (broad SMARTS) is 1. The number of aliphatic carboxylic acids is 1. The number of hydrogen-bond donors (Lipinski definition) is 1. The summed E-state index contributed by atoms with van der Waals surface area (Å²) in [6.07, 6.45) is 7.78. The molecule has 1 fully saturated rings. The molecule has 0 aliphatic heterocycles. The Labute approximate surface area is 112 Å². The summed E-state index contributed by atoms with van der Waals surface area (Å²) >= 11 is 1.64. The van der Waals surface area contributed by atoms with Crippen LogP contribution in [0.25, 0.3) is 0 Å². The second kappa shape index (κ2) is 6.32. The highest BCUT2D eigenvalue weighted by molar-refractivity contribution is 7.09. The maximum atomic E-state index is 10.6. The van der Waals surface area contributed by atoms with Gasteiger partial charge in [0.2, 0.25) is 0 Å². The number of carboxylic acids is 1. The fraction of sp³-hybridized carbons (Fsp3) is 0.714. The molecule has 1 aliphatic rings. The van der Waals surface area contributed by atoms with E-state index in [1.165, 1.54) is 38.5 Å². The molecule has 4 heteroatoms. The van der Waals surface area contributed by atoms with Gasteiger partial charge in [0.25, 0.3) is 0 Å². The molecule has 0 atom stereocenters. The molecule has 0 aromatic carbocycles. The van der Waals surface area contributed by atoms with Crippen LogP contribution in [0.1, 0.15) is 62.1 Å². The van der Waals surface area contributed by atoms with Gasteiger partial charge in [-0.2, -0.15) is 0 Å². The number of hydrogen-bond acceptors (Lipinski definition) is 3. The molecule has 1 saturated carbocycles. The van der Waals surface area contributed by atoms with Gasteiger partial charge in [0.15, 0.2) is 0 Å². The molecule has 18 heavy (non-hydrogen) atoms. The molecule has 0 bridgehead atoms. The fourth-order valence-electron chi connectivity index (χ4n) is 2.85. The molecule has 1 aromatic heterocycles. The molecular formula is C14H21NO2S. The Hall–Kier alpha value is -0.900. The summed E-state index contributed by atoms with van der Waals surface area (Å²) in [5.74, 6) is 0.689. The first-order valence-electron chi connectivity index (χ1n) is 6.85. The van der Waals surface area contributed by atoms with Crippen molar-refractivity contribution in [2.75, 3.05) is 0 Å². The Morgan fingerprint density at radius 2 is 2.17 bits per heavy atom. The summed E-state index contributed by atoms with van der Waals surface area (Å²) in [5.41, 5.74) is 0.721. The molecular weight excluding hydrogens is 246 g/mol. The number of rotatable bonds is 5. The Kier molecular flexibility index (Phi) is 4.75. The van der Waals surface area contributed by atoms with Gasteiger partial charge >= 0.3 is 5.97 Å². The predicted molar refractivity (Wildman–Crippen MR) is 73.1 cm³/mol. The van der Waals surface area contributed by atoms with Crippen molar-refractivity contribution in [1.82, 2.24) is 4.98 Å². The lowest BCUT2D eigenvalue weighted by Gasteiger charge is -2.26. The van der Waals surface area contributed by atoms with E-state index in [9.17, 15) is 4.79 Å². The molecule has 0 radical (unpaired) electrons. The van der Waals surface area contributed by atoms with E-state index in [2.05, 4.69) is 11.9 Å². The first-order chi connectivity index (χ1) is 8.69. The van der Waals surface area contributed by atoms with Gasteiger partial charge < -0.3 is 5.11 Å². The Bertz CT molecular complexity index is 394. The van der Waals surface area contributed by atoms with Crippen LogP contribution in [0, 0.1) is 5.92 Å². The normalized spacial score (nSPS) is 24.1. The minimum Gasteiger partial charge on any atom is -0.481 e. The third-order valence-electron chi connectivity index (χ3n) is 3.79. The van der Waals surface area contributed by atoms with Gasteiger partial charge in [-0.25, -0.2) is 4.98 Å². The Morgan fingerprint density at radius 3 is 2.78 bits per heavy atom. The van der Waals surface area contributed by atoms with Crippen LogP contribution in [0.2, 0.25) is 0 Å². The van der Waals surface area contributed by atoms with Crippen LogP contribution in [0.4, 0.5) is 0 Å². The summed E-state index contributed by atoms with van der Waals surface area (Å²) in [5, 5.41) is 11.8. The molecule has 3 nitrogen and oxygen atoms in total. The van der Waals surface area contributed by atoms with Crippen LogP contribution in [-0.4, -0.2) is 16.1 Å². The first kappa shape index (κ1) is 13.5. The molecule has 2 rings (SSSR count). The SMILES string of the molecule is CCCC1CCC(c2nc(CC(=O)O)cs2)CC1. The summed E-state index contributed by atoms with van der Waals surface area (Å²) in [4.78, 5) is 15.1. The highest BCUT2D eigenvalue weighted by atomic mass is 32.1. The van der Waals surface area contributed by atoms with Crippen molar-refractivity contribution in [3.05, 3.63) is 16.1 Å². The topological polar surface area (TPSA) is 50.2 Å². The van der Waals surface area contributed by atoms with E-state index in [0.717, 1.165) is 16.6 Å². The fourth-order valence-corrected chi connectivity index (χ4v) is 3.84. The number of thiazole rings is 1. The van der Waals surface area contributed by atoms with Crippen molar-refractivity contribution in [2.45, 2.75) is 57.8 Å². The largest absolute Gasteiger partial charge is 0.481 e. The third kappa shape index (κ3) is 3.55. The molecule has 1 aliphatic carbocycles. The molecule has 1 aromatic rings. The lowest BCUT2D eigenvalue weighted by atomic mass is 9.80. The molecule has 0 saturated heterocycles. The van der Waals surface area contributed by atoms with Gasteiger partial charge in [-0.3, -0.25) is 4.79 Å². The molecule has 1 N–H and O–H groups in total.